The zero-order chi connectivity index (χ0) is 49.6. The molecule has 0 radical (unpaired) electrons. The summed E-state index contributed by atoms with van der Waals surface area (Å²) in [6, 6.07) is 9.47. The largest absolute Gasteiger partial charge is 0.494 e. The van der Waals surface area contributed by atoms with Gasteiger partial charge in [-0.3, -0.25) is 44.0 Å². The highest BCUT2D eigenvalue weighted by Crippen LogP contribution is 2.33. The van der Waals surface area contributed by atoms with Crippen LogP contribution in [0.5, 0.6) is 11.5 Å². The van der Waals surface area contributed by atoms with Crippen LogP contribution in [0.2, 0.25) is 0 Å². The maximum atomic E-state index is 13.9. The van der Waals surface area contributed by atoms with Gasteiger partial charge in [0.25, 0.3) is 11.8 Å². The van der Waals surface area contributed by atoms with Crippen LogP contribution in [-0.2, 0) is 35.7 Å². The number of aromatic nitrogens is 8. The first-order valence-electron chi connectivity index (χ1n) is 23.3. The molecule has 4 aromatic heterocycles. The Hall–Kier alpha value is -7.99. The van der Waals surface area contributed by atoms with Crippen LogP contribution < -0.4 is 31.6 Å². The number of nitrogens with two attached hydrogens (primary N) is 2. The number of aryl methyl sites for hydroxylation is 4. The number of primary amides is 2. The van der Waals surface area contributed by atoms with Gasteiger partial charge < -0.3 is 39.7 Å². The lowest BCUT2D eigenvalue weighted by molar-refractivity contribution is -0.139. The van der Waals surface area contributed by atoms with Gasteiger partial charge in [0.15, 0.2) is 0 Å². The van der Waals surface area contributed by atoms with Gasteiger partial charge in [-0.15, -0.1) is 0 Å². The minimum absolute atomic E-state index is 0.0136. The van der Waals surface area contributed by atoms with Crippen molar-refractivity contribution in [3.63, 3.8) is 0 Å². The normalized spacial score (nSPS) is 14.5. The maximum absolute atomic E-state index is 13.9. The summed E-state index contributed by atoms with van der Waals surface area (Å²) in [5, 5.41) is 14.7. The average Bonchev–Trinajstić information content (AvgIpc) is 4.13. The minimum Gasteiger partial charge on any atom is -0.494 e. The third-order valence-electron chi connectivity index (χ3n) is 12.4. The van der Waals surface area contributed by atoms with Crippen LogP contribution in [0.25, 0.3) is 22.1 Å². The molecule has 6 aromatic rings. The fourth-order valence-electron chi connectivity index (χ4n) is 8.93. The minimum atomic E-state index is -0.703. The van der Waals surface area contributed by atoms with Gasteiger partial charge in [0.05, 0.1) is 29.5 Å². The van der Waals surface area contributed by atoms with E-state index in [-0.39, 0.29) is 66.2 Å². The summed E-state index contributed by atoms with van der Waals surface area (Å²) in [6.45, 7) is 11.0. The van der Waals surface area contributed by atoms with Gasteiger partial charge in [0.1, 0.15) is 40.5 Å². The predicted octanol–water partition coefficient (Wildman–Crippen LogP) is 4.45. The van der Waals surface area contributed by atoms with Gasteiger partial charge in [-0.25, -0.2) is 9.97 Å². The van der Waals surface area contributed by atoms with Gasteiger partial charge >= 0.3 is 0 Å². The highest BCUT2D eigenvalue weighted by Gasteiger charge is 2.29. The predicted molar refractivity (Wildman–Crippen MR) is 259 cm³/mol. The molecule has 0 unspecified atom stereocenters. The van der Waals surface area contributed by atoms with Gasteiger partial charge in [-0.05, 0) is 89.8 Å². The summed E-state index contributed by atoms with van der Waals surface area (Å²) in [5.41, 5.74) is 15.4. The molecule has 0 aliphatic carbocycles. The molecule has 366 valence electrons. The molecule has 5 amide bonds. The molecule has 70 heavy (non-hydrogen) atoms. The van der Waals surface area contributed by atoms with E-state index in [0.29, 0.717) is 90.0 Å². The Bertz CT molecular complexity index is 3080. The number of amides is 5. The quantitative estimate of drug-likeness (QED) is 0.0775. The Kier molecular flexibility index (Phi) is 14.6. The second kappa shape index (κ2) is 21.1. The number of methoxy groups -OCH3 is 1. The van der Waals surface area contributed by atoms with Gasteiger partial charge in [-0.1, -0.05) is 24.0 Å². The molecular formula is C49H57N13O8. The van der Waals surface area contributed by atoms with E-state index in [2.05, 4.69) is 32.7 Å². The van der Waals surface area contributed by atoms with Crippen molar-refractivity contribution in [3.8, 4) is 23.3 Å². The Labute approximate surface area is 403 Å². The molecule has 2 aromatic carbocycles. The molecule has 21 heteroatoms. The number of carbonyl (C=O) groups excluding carboxylic acids is 5. The molecule has 0 spiro atoms. The van der Waals surface area contributed by atoms with Crippen LogP contribution in [-0.4, -0.2) is 113 Å². The number of hydrogen-bond acceptors (Lipinski definition) is 12. The third-order valence-corrected chi connectivity index (χ3v) is 12.4. The van der Waals surface area contributed by atoms with Crippen molar-refractivity contribution >= 4 is 63.5 Å². The second-order valence-corrected chi connectivity index (χ2v) is 17.2. The SMILES string of the molecule is CCn1nc(C)cc1C(=O)Nc1nc2cc(C(N)=O)cc(OC)c2n1C/C=C/Cn1c(NC(=O)c2cc(C)nn2CC)nc2cc(C(N)=O)cc(OCC#CC3CCN(C(=O)C4CCOCC4)CC3)c21. The van der Waals surface area contributed by atoms with Crippen LogP contribution >= 0.6 is 0 Å². The number of piperidine rings is 1. The number of nitrogens with zero attached hydrogens (tertiary/aromatic N) is 9. The molecular weight excluding hydrogens is 899 g/mol. The summed E-state index contributed by atoms with van der Waals surface area (Å²) in [7, 11) is 1.46. The van der Waals surface area contributed by atoms with Crippen LogP contribution in [0.3, 0.4) is 0 Å². The van der Waals surface area contributed by atoms with E-state index >= 15 is 0 Å². The fraction of sp³-hybridized carbons (Fsp3) is 0.408. The van der Waals surface area contributed by atoms with Gasteiger partial charge in [-0.2, -0.15) is 10.2 Å². The van der Waals surface area contributed by atoms with Crippen molar-refractivity contribution in [2.24, 2.45) is 23.3 Å². The van der Waals surface area contributed by atoms with Gasteiger partial charge in [0, 0.05) is 75.4 Å². The summed E-state index contributed by atoms with van der Waals surface area (Å²) in [5.74, 6) is 5.34. The number of benzene rings is 2. The molecule has 2 aliphatic rings. The number of anilines is 2. The van der Waals surface area contributed by atoms with E-state index in [9.17, 15) is 24.0 Å². The lowest BCUT2D eigenvalue weighted by atomic mass is 9.94. The number of carbonyl (C=O) groups is 5. The van der Waals surface area contributed by atoms with Crippen molar-refractivity contribution in [1.82, 2.24) is 43.6 Å². The van der Waals surface area contributed by atoms with Crippen molar-refractivity contribution in [2.75, 3.05) is 50.7 Å². The van der Waals surface area contributed by atoms with Crippen molar-refractivity contribution in [2.45, 2.75) is 79.6 Å². The standard InChI is InChI=1S/C49H57N13O8/c1-6-61-37(23-29(3)56-61)45(65)54-48-52-35-25-33(43(50)63)27-39(68-5)41(35)59(48)16-8-9-17-60-42-36(53-49(60)55-46(66)38-24-30(4)57-62(38)7-2)26-34(44(51)64)28-40(42)70-20-10-11-31-12-18-58(19-13-31)47(67)32-14-21-69-22-15-32/h8-9,23-28,31-32H,6-7,12-22H2,1-5H3,(H2,50,63)(H2,51,64)(H,52,54,65)(H,53,55,66)/b9-8+. The first-order valence-corrected chi connectivity index (χ1v) is 23.3. The Morgan fingerprint density at radius 1 is 0.743 bits per heavy atom. The third kappa shape index (κ3) is 10.4. The number of ether oxygens (including phenoxy) is 3. The number of rotatable bonds is 16. The number of hydrogen-bond donors (Lipinski definition) is 4. The molecule has 6 heterocycles. The average molecular weight is 956 g/mol. The summed E-state index contributed by atoms with van der Waals surface area (Å²) < 4.78 is 24.1. The highest BCUT2D eigenvalue weighted by molar-refractivity contribution is 6.05. The lowest BCUT2D eigenvalue weighted by Crippen LogP contribution is -2.43. The van der Waals surface area contributed by atoms with Crippen molar-refractivity contribution in [1.29, 1.82) is 0 Å². The lowest BCUT2D eigenvalue weighted by Gasteiger charge is -2.33. The molecule has 21 nitrogen and oxygen atoms in total. The first-order chi connectivity index (χ1) is 33.8. The smallest absolute Gasteiger partial charge is 0.276 e. The Balaban J connectivity index is 1.10. The van der Waals surface area contributed by atoms with Crippen molar-refractivity contribution in [3.05, 3.63) is 82.5 Å². The van der Waals surface area contributed by atoms with E-state index in [0.717, 1.165) is 25.7 Å². The van der Waals surface area contributed by atoms with Crippen LogP contribution in [0, 0.1) is 37.5 Å². The summed E-state index contributed by atoms with van der Waals surface area (Å²) in [6.07, 6.45) is 6.66. The molecule has 2 saturated heterocycles. The number of imidazole rings is 2. The molecule has 8 rings (SSSR count). The summed E-state index contributed by atoms with van der Waals surface area (Å²) >= 11 is 0. The molecule has 6 N–H and O–H groups in total. The second-order valence-electron chi connectivity index (χ2n) is 17.2. The Morgan fingerprint density at radius 2 is 1.24 bits per heavy atom. The van der Waals surface area contributed by atoms with E-state index in [1.807, 2.05) is 30.9 Å². The molecule has 0 atom stereocenters. The van der Waals surface area contributed by atoms with Crippen LogP contribution in [0.1, 0.15) is 92.6 Å². The zero-order valence-electron chi connectivity index (χ0n) is 39.9. The zero-order valence-corrected chi connectivity index (χ0v) is 39.9. The monoisotopic (exact) mass is 955 g/mol. The molecule has 2 fully saturated rings. The molecule has 0 bridgehead atoms. The molecule has 2 aliphatic heterocycles. The van der Waals surface area contributed by atoms with Crippen LogP contribution in [0.4, 0.5) is 11.9 Å². The van der Waals surface area contributed by atoms with E-state index < -0.39 is 23.6 Å². The summed E-state index contributed by atoms with van der Waals surface area (Å²) in [4.78, 5) is 77.2. The van der Waals surface area contributed by atoms with E-state index in [1.54, 1.807) is 44.5 Å². The number of likely N-dealkylation sites (tertiary alicyclic amines) is 1. The first kappa shape index (κ1) is 48.5. The van der Waals surface area contributed by atoms with Crippen LogP contribution in [0.15, 0.2) is 48.6 Å². The fourth-order valence-corrected chi connectivity index (χ4v) is 8.93. The Morgan fingerprint density at radius 3 is 1.73 bits per heavy atom. The van der Waals surface area contributed by atoms with Crippen molar-refractivity contribution < 1.29 is 38.2 Å². The number of fused-ring (bicyclic) bond motifs is 2. The van der Waals surface area contributed by atoms with Gasteiger partial charge in [0.2, 0.25) is 29.6 Å². The van der Waals surface area contributed by atoms with E-state index in [1.165, 1.54) is 31.4 Å². The maximum Gasteiger partial charge on any atom is 0.276 e. The number of nitrogens with one attached hydrogen (secondary N) is 2. The molecule has 0 saturated carbocycles. The van der Waals surface area contributed by atoms with E-state index in [4.69, 9.17) is 35.6 Å². The topological polar surface area (TPSA) is 264 Å². The number of allylic oxidation sites excluding steroid dienone is 2. The highest BCUT2D eigenvalue weighted by atomic mass is 16.5.